The van der Waals surface area contributed by atoms with Gasteiger partial charge in [-0.2, -0.15) is 0 Å². The molecule has 1 aliphatic rings. The molecule has 2 heteroatoms. The van der Waals surface area contributed by atoms with Crippen molar-refractivity contribution in [3.05, 3.63) is 35.9 Å². The van der Waals surface area contributed by atoms with Gasteiger partial charge >= 0.3 is 0 Å². The van der Waals surface area contributed by atoms with E-state index in [1.807, 2.05) is 0 Å². The van der Waals surface area contributed by atoms with Gasteiger partial charge in [-0.05, 0) is 23.3 Å². The van der Waals surface area contributed by atoms with E-state index >= 15 is 0 Å². The Morgan fingerprint density at radius 1 is 1.28 bits per heavy atom. The van der Waals surface area contributed by atoms with Crippen LogP contribution in [0.2, 0.25) is 0 Å². The smallest absolute Gasteiger partial charge is 0.0507 e. The lowest BCUT2D eigenvalue weighted by Gasteiger charge is -2.33. The Labute approximate surface area is 111 Å². The van der Waals surface area contributed by atoms with Gasteiger partial charge in [-0.1, -0.05) is 51.1 Å². The average Bonchev–Trinajstić information content (AvgIpc) is 2.82. The van der Waals surface area contributed by atoms with E-state index in [2.05, 4.69) is 56.4 Å². The highest BCUT2D eigenvalue weighted by Gasteiger charge is 2.27. The normalized spacial score (nSPS) is 22.1. The minimum Gasteiger partial charge on any atom is -0.381 e. The Kier molecular flexibility index (Phi) is 4.41. The van der Waals surface area contributed by atoms with Gasteiger partial charge < -0.3 is 10.1 Å². The number of rotatable bonds is 4. The first kappa shape index (κ1) is 13.6. The van der Waals surface area contributed by atoms with Crippen LogP contribution in [0.3, 0.4) is 0 Å². The van der Waals surface area contributed by atoms with Crippen LogP contribution in [0.25, 0.3) is 0 Å². The lowest BCUT2D eigenvalue weighted by Crippen LogP contribution is -2.35. The van der Waals surface area contributed by atoms with Crippen molar-refractivity contribution in [2.24, 2.45) is 11.3 Å². The van der Waals surface area contributed by atoms with Crippen molar-refractivity contribution in [3.63, 3.8) is 0 Å². The monoisotopic (exact) mass is 247 g/mol. The molecule has 100 valence electrons. The second-order valence-corrected chi connectivity index (χ2v) is 6.35. The number of ether oxygens (including phenoxy) is 1. The summed E-state index contributed by atoms with van der Waals surface area (Å²) in [6.45, 7) is 9.78. The van der Waals surface area contributed by atoms with Crippen LogP contribution in [0.1, 0.15) is 38.8 Å². The number of hydrogen-bond donors (Lipinski definition) is 1. The molecule has 2 nitrogen and oxygen atoms in total. The molecule has 0 amide bonds. The first-order valence-corrected chi connectivity index (χ1v) is 6.93. The molecule has 1 N–H and O–H groups in total. The van der Waals surface area contributed by atoms with Gasteiger partial charge in [-0.3, -0.25) is 0 Å². The van der Waals surface area contributed by atoms with Crippen LogP contribution in [0.4, 0.5) is 0 Å². The molecule has 0 radical (unpaired) electrons. The maximum Gasteiger partial charge on any atom is 0.0507 e. The van der Waals surface area contributed by atoms with Gasteiger partial charge in [-0.25, -0.2) is 0 Å². The zero-order valence-corrected chi connectivity index (χ0v) is 11.8. The molecule has 1 fully saturated rings. The summed E-state index contributed by atoms with van der Waals surface area (Å²) in [7, 11) is 0. The predicted octanol–water partition coefficient (Wildman–Crippen LogP) is 3.40. The van der Waals surface area contributed by atoms with Crippen molar-refractivity contribution in [1.82, 2.24) is 5.32 Å². The predicted molar refractivity (Wildman–Crippen MR) is 75.6 cm³/mol. The van der Waals surface area contributed by atoms with E-state index in [-0.39, 0.29) is 5.41 Å². The summed E-state index contributed by atoms with van der Waals surface area (Å²) in [4.78, 5) is 0. The van der Waals surface area contributed by atoms with Gasteiger partial charge in [0, 0.05) is 19.2 Å². The van der Waals surface area contributed by atoms with Crippen molar-refractivity contribution >= 4 is 0 Å². The summed E-state index contributed by atoms with van der Waals surface area (Å²) in [6, 6.07) is 11.2. The van der Waals surface area contributed by atoms with E-state index in [1.54, 1.807) is 0 Å². The van der Waals surface area contributed by atoms with Gasteiger partial charge in [0.05, 0.1) is 6.61 Å². The molecule has 18 heavy (non-hydrogen) atoms. The molecule has 1 aromatic carbocycles. The minimum atomic E-state index is 0.223. The van der Waals surface area contributed by atoms with Crippen molar-refractivity contribution in [3.8, 4) is 0 Å². The molecule has 1 aliphatic heterocycles. The standard InChI is InChI=1S/C16H25NO/c1-16(2,3)15(14-7-5-4-6-8-14)17-11-13-9-10-18-12-13/h4-8,13,15,17H,9-12H2,1-3H3. The fourth-order valence-corrected chi connectivity index (χ4v) is 2.60. The third kappa shape index (κ3) is 3.56. The average molecular weight is 247 g/mol. The molecule has 1 heterocycles. The fraction of sp³-hybridized carbons (Fsp3) is 0.625. The van der Waals surface area contributed by atoms with Crippen LogP contribution < -0.4 is 5.32 Å². The fourth-order valence-electron chi connectivity index (χ4n) is 2.60. The van der Waals surface area contributed by atoms with Crippen LogP contribution in [0, 0.1) is 11.3 Å². The zero-order chi connectivity index (χ0) is 13.0. The maximum absolute atomic E-state index is 5.44. The summed E-state index contributed by atoms with van der Waals surface area (Å²) >= 11 is 0. The van der Waals surface area contributed by atoms with Crippen LogP contribution >= 0.6 is 0 Å². The number of hydrogen-bond acceptors (Lipinski definition) is 2. The highest BCUT2D eigenvalue weighted by Crippen LogP contribution is 2.32. The minimum absolute atomic E-state index is 0.223. The van der Waals surface area contributed by atoms with Crippen molar-refractivity contribution in [1.29, 1.82) is 0 Å². The molecule has 1 aromatic rings. The summed E-state index contributed by atoms with van der Waals surface area (Å²) in [5.74, 6) is 0.679. The molecule has 2 atom stereocenters. The van der Waals surface area contributed by atoms with E-state index in [0.29, 0.717) is 12.0 Å². The molecule has 1 saturated heterocycles. The largest absolute Gasteiger partial charge is 0.381 e. The van der Waals surface area contributed by atoms with Crippen LogP contribution in [-0.4, -0.2) is 19.8 Å². The van der Waals surface area contributed by atoms with E-state index in [9.17, 15) is 0 Å². The Hall–Kier alpha value is -0.860. The number of benzene rings is 1. The van der Waals surface area contributed by atoms with Gasteiger partial charge in [0.1, 0.15) is 0 Å². The molecule has 0 spiro atoms. The molecule has 0 saturated carbocycles. The first-order valence-electron chi connectivity index (χ1n) is 6.93. The second-order valence-electron chi connectivity index (χ2n) is 6.35. The molecule has 0 bridgehead atoms. The highest BCUT2D eigenvalue weighted by atomic mass is 16.5. The lowest BCUT2D eigenvalue weighted by atomic mass is 9.82. The topological polar surface area (TPSA) is 21.3 Å². The van der Waals surface area contributed by atoms with E-state index in [0.717, 1.165) is 19.8 Å². The third-order valence-electron chi connectivity index (χ3n) is 3.63. The van der Waals surface area contributed by atoms with Gasteiger partial charge in [-0.15, -0.1) is 0 Å². The lowest BCUT2D eigenvalue weighted by molar-refractivity contribution is 0.181. The summed E-state index contributed by atoms with van der Waals surface area (Å²) < 4.78 is 5.44. The molecule has 0 aliphatic carbocycles. The Bertz CT molecular complexity index is 349. The molecular formula is C16H25NO. The van der Waals surface area contributed by atoms with Gasteiger partial charge in [0.15, 0.2) is 0 Å². The maximum atomic E-state index is 5.44. The van der Waals surface area contributed by atoms with Gasteiger partial charge in [0.25, 0.3) is 0 Å². The Balaban J connectivity index is 2.01. The van der Waals surface area contributed by atoms with Crippen molar-refractivity contribution in [2.45, 2.75) is 33.2 Å². The highest BCUT2D eigenvalue weighted by molar-refractivity contribution is 5.20. The SMILES string of the molecule is CC(C)(C)C(NCC1CCOC1)c1ccccc1. The summed E-state index contributed by atoms with van der Waals surface area (Å²) in [5, 5.41) is 3.74. The first-order chi connectivity index (χ1) is 8.57. The van der Waals surface area contributed by atoms with Crippen molar-refractivity contribution in [2.75, 3.05) is 19.8 Å². The quantitative estimate of drug-likeness (QED) is 0.880. The second kappa shape index (κ2) is 5.85. The zero-order valence-electron chi connectivity index (χ0n) is 11.8. The van der Waals surface area contributed by atoms with Crippen molar-refractivity contribution < 1.29 is 4.74 Å². The van der Waals surface area contributed by atoms with E-state index in [4.69, 9.17) is 4.74 Å². The summed E-state index contributed by atoms with van der Waals surface area (Å²) in [5.41, 5.74) is 1.60. The molecule has 2 rings (SSSR count). The molecular weight excluding hydrogens is 222 g/mol. The van der Waals surface area contributed by atoms with E-state index < -0.39 is 0 Å². The molecule has 0 aromatic heterocycles. The van der Waals surface area contributed by atoms with E-state index in [1.165, 1.54) is 12.0 Å². The van der Waals surface area contributed by atoms with Crippen LogP contribution in [-0.2, 0) is 4.74 Å². The van der Waals surface area contributed by atoms with Crippen LogP contribution in [0.5, 0.6) is 0 Å². The Morgan fingerprint density at radius 2 is 2.00 bits per heavy atom. The third-order valence-corrected chi connectivity index (χ3v) is 3.63. The number of nitrogens with one attached hydrogen (secondary N) is 1. The molecule has 2 unspecified atom stereocenters. The van der Waals surface area contributed by atoms with Gasteiger partial charge in [0.2, 0.25) is 0 Å². The van der Waals surface area contributed by atoms with Crippen LogP contribution in [0.15, 0.2) is 30.3 Å². The summed E-state index contributed by atoms with van der Waals surface area (Å²) in [6.07, 6.45) is 1.19. The Morgan fingerprint density at radius 3 is 2.56 bits per heavy atom.